The van der Waals surface area contributed by atoms with Crippen molar-refractivity contribution >= 4 is 29.0 Å². The molecule has 6 nitrogen and oxygen atoms in total. The summed E-state index contributed by atoms with van der Waals surface area (Å²) >= 11 is 5.85. The van der Waals surface area contributed by atoms with Crippen molar-refractivity contribution in [2.45, 2.75) is 37.9 Å². The minimum absolute atomic E-state index is 0.0217. The predicted molar refractivity (Wildman–Crippen MR) is 118 cm³/mol. The van der Waals surface area contributed by atoms with E-state index in [9.17, 15) is 22.8 Å². The number of aliphatic imine (C=N–C) groups is 1. The Hall–Kier alpha value is -2.72. The number of amidine groups is 1. The highest BCUT2D eigenvalue weighted by Crippen LogP contribution is 2.32. The number of aromatic nitrogens is 1. The number of oxime groups is 1. The lowest BCUT2D eigenvalue weighted by atomic mass is 9.98. The van der Waals surface area contributed by atoms with Gasteiger partial charge in [-0.05, 0) is 43.1 Å². The Morgan fingerprint density at radius 3 is 2.85 bits per heavy atom. The quantitative estimate of drug-likeness (QED) is 0.271. The second-order valence-electron chi connectivity index (χ2n) is 8.02. The van der Waals surface area contributed by atoms with E-state index in [2.05, 4.69) is 20.4 Å². The van der Waals surface area contributed by atoms with Gasteiger partial charge in [-0.25, -0.2) is 9.37 Å². The fourth-order valence-corrected chi connectivity index (χ4v) is 4.50. The van der Waals surface area contributed by atoms with Crippen LogP contribution in [0.25, 0.3) is 0 Å². The van der Waals surface area contributed by atoms with Crippen LogP contribution in [0, 0.1) is 5.82 Å². The topological polar surface area (TPSA) is 73.1 Å². The Kier molecular flexibility index (Phi) is 6.85. The van der Waals surface area contributed by atoms with Crippen LogP contribution in [0.1, 0.15) is 29.5 Å². The zero-order chi connectivity index (χ0) is 23.6. The number of anilines is 1. The summed E-state index contributed by atoms with van der Waals surface area (Å²) in [6, 6.07) is 4.59. The number of hydrogen-bond donors (Lipinski definition) is 2. The van der Waals surface area contributed by atoms with E-state index in [4.69, 9.17) is 11.6 Å². The number of halogens is 5. The molecule has 1 fully saturated rings. The number of rotatable bonds is 6. The summed E-state index contributed by atoms with van der Waals surface area (Å²) in [5, 5.41) is 16.1. The smallest absolute Gasteiger partial charge is 0.404 e. The Bertz CT molecular complexity index is 1090. The number of nitrogens with zero attached hydrogens (tertiary/aromatic N) is 4. The molecule has 0 bridgehead atoms. The SMILES string of the molecule is O/N=C(\Cc1ccc(F)c(Cl)c1)c1ccnc2c1CC(=NCCN1CCC[C@H]1C(F)(F)F)N2. The van der Waals surface area contributed by atoms with Gasteiger partial charge in [-0.3, -0.25) is 9.89 Å². The van der Waals surface area contributed by atoms with E-state index in [1.165, 1.54) is 17.0 Å². The molecular formula is C22H22ClF4N5O. The Balaban J connectivity index is 1.45. The molecule has 2 aliphatic rings. The number of benzene rings is 1. The third kappa shape index (κ3) is 5.27. The third-order valence-corrected chi connectivity index (χ3v) is 6.17. The number of pyridine rings is 1. The molecular weight excluding hydrogens is 462 g/mol. The lowest BCUT2D eigenvalue weighted by Gasteiger charge is -2.25. The van der Waals surface area contributed by atoms with Crippen molar-refractivity contribution in [2.75, 3.05) is 25.0 Å². The predicted octanol–water partition coefficient (Wildman–Crippen LogP) is 4.69. The van der Waals surface area contributed by atoms with E-state index < -0.39 is 18.0 Å². The molecule has 0 amide bonds. The van der Waals surface area contributed by atoms with Crippen LogP contribution < -0.4 is 5.32 Å². The molecule has 11 heteroatoms. The monoisotopic (exact) mass is 483 g/mol. The second kappa shape index (κ2) is 9.64. The van der Waals surface area contributed by atoms with Gasteiger partial charge in [0.25, 0.3) is 0 Å². The summed E-state index contributed by atoms with van der Waals surface area (Å²) in [6.07, 6.45) is -1.42. The number of alkyl halides is 3. The van der Waals surface area contributed by atoms with E-state index in [-0.39, 0.29) is 31.0 Å². The average Bonchev–Trinajstić information content (AvgIpc) is 3.41. The van der Waals surface area contributed by atoms with Gasteiger partial charge in [0, 0.05) is 36.7 Å². The van der Waals surface area contributed by atoms with Crippen LogP contribution in [-0.4, -0.2) is 58.5 Å². The highest BCUT2D eigenvalue weighted by atomic mass is 35.5. The fraction of sp³-hybridized carbons (Fsp3) is 0.409. The third-order valence-electron chi connectivity index (χ3n) is 5.88. The van der Waals surface area contributed by atoms with Crippen molar-refractivity contribution < 1.29 is 22.8 Å². The molecule has 1 aromatic carbocycles. The first-order valence-corrected chi connectivity index (χ1v) is 10.9. The van der Waals surface area contributed by atoms with E-state index >= 15 is 0 Å². The zero-order valence-corrected chi connectivity index (χ0v) is 18.3. The minimum Gasteiger partial charge on any atom is -0.411 e. The number of nitrogens with one attached hydrogen (secondary N) is 1. The molecule has 2 aliphatic heterocycles. The van der Waals surface area contributed by atoms with Gasteiger partial charge < -0.3 is 10.5 Å². The molecule has 0 spiro atoms. The molecule has 176 valence electrons. The van der Waals surface area contributed by atoms with Crippen molar-refractivity contribution in [3.05, 3.63) is 58.0 Å². The summed E-state index contributed by atoms with van der Waals surface area (Å²) in [6.45, 7) is 0.867. The lowest BCUT2D eigenvalue weighted by Crippen LogP contribution is -2.42. The maximum atomic E-state index is 13.4. The molecule has 2 N–H and O–H groups in total. The molecule has 2 aromatic rings. The number of likely N-dealkylation sites (tertiary alicyclic amines) is 1. The highest BCUT2D eigenvalue weighted by molar-refractivity contribution is 6.30. The number of hydrogen-bond acceptors (Lipinski definition) is 5. The van der Waals surface area contributed by atoms with Crippen LogP contribution in [0.2, 0.25) is 5.02 Å². The second-order valence-corrected chi connectivity index (χ2v) is 8.43. The normalized spacial score (nSPS) is 20.3. The molecule has 0 radical (unpaired) electrons. The van der Waals surface area contributed by atoms with Crippen LogP contribution in [0.3, 0.4) is 0 Å². The van der Waals surface area contributed by atoms with Crippen LogP contribution in [0.4, 0.5) is 23.4 Å². The minimum atomic E-state index is -4.22. The molecule has 1 saturated heterocycles. The standard InChI is InChI=1S/C22H22ClF4N5O/c23-16-10-13(3-4-17(16)24)11-18(31-33)14-5-6-29-21-15(14)12-20(30-21)28-7-9-32-8-1-2-19(32)22(25,26)27/h3-6,10,19,33H,1-2,7-9,11-12H2,(H,28,29,30)/b31-18+/t19-/m0/s1. The van der Waals surface area contributed by atoms with Gasteiger partial charge in [0.15, 0.2) is 0 Å². The molecule has 1 aromatic heterocycles. The van der Waals surface area contributed by atoms with Gasteiger partial charge in [0.2, 0.25) is 0 Å². The van der Waals surface area contributed by atoms with Gasteiger partial charge in [-0.1, -0.05) is 22.8 Å². The van der Waals surface area contributed by atoms with E-state index in [0.29, 0.717) is 47.9 Å². The molecule has 0 unspecified atom stereocenters. The van der Waals surface area contributed by atoms with Crippen molar-refractivity contribution in [3.63, 3.8) is 0 Å². The van der Waals surface area contributed by atoms with Crippen LogP contribution in [0.5, 0.6) is 0 Å². The van der Waals surface area contributed by atoms with Crippen molar-refractivity contribution in [1.82, 2.24) is 9.88 Å². The van der Waals surface area contributed by atoms with Gasteiger partial charge in [-0.15, -0.1) is 0 Å². The van der Waals surface area contributed by atoms with E-state index in [1.807, 2.05) is 0 Å². The van der Waals surface area contributed by atoms with Gasteiger partial charge in [0.05, 0.1) is 17.3 Å². The first-order chi connectivity index (χ1) is 15.8. The lowest BCUT2D eigenvalue weighted by molar-refractivity contribution is -0.175. The average molecular weight is 484 g/mol. The zero-order valence-electron chi connectivity index (χ0n) is 17.5. The Morgan fingerprint density at radius 1 is 1.30 bits per heavy atom. The summed E-state index contributed by atoms with van der Waals surface area (Å²) in [7, 11) is 0. The molecule has 4 rings (SSSR count). The van der Waals surface area contributed by atoms with Crippen molar-refractivity contribution in [2.24, 2.45) is 10.1 Å². The maximum Gasteiger partial charge on any atom is 0.404 e. The van der Waals surface area contributed by atoms with Gasteiger partial charge in [0.1, 0.15) is 23.5 Å². The van der Waals surface area contributed by atoms with Crippen LogP contribution >= 0.6 is 11.6 Å². The highest BCUT2D eigenvalue weighted by Gasteiger charge is 2.45. The van der Waals surface area contributed by atoms with Crippen LogP contribution in [-0.2, 0) is 12.8 Å². The Morgan fingerprint density at radius 2 is 2.12 bits per heavy atom. The summed E-state index contributed by atoms with van der Waals surface area (Å²) in [4.78, 5) is 10.2. The summed E-state index contributed by atoms with van der Waals surface area (Å²) in [5.74, 6) is 0.613. The largest absolute Gasteiger partial charge is 0.411 e. The van der Waals surface area contributed by atoms with E-state index in [1.54, 1.807) is 18.3 Å². The van der Waals surface area contributed by atoms with Crippen molar-refractivity contribution in [1.29, 1.82) is 0 Å². The summed E-state index contributed by atoms with van der Waals surface area (Å²) < 4.78 is 52.8. The van der Waals surface area contributed by atoms with Gasteiger partial charge >= 0.3 is 6.18 Å². The maximum absolute atomic E-state index is 13.4. The summed E-state index contributed by atoms with van der Waals surface area (Å²) in [5.41, 5.74) is 2.44. The Labute approximate surface area is 193 Å². The van der Waals surface area contributed by atoms with Gasteiger partial charge in [-0.2, -0.15) is 13.2 Å². The van der Waals surface area contributed by atoms with Crippen molar-refractivity contribution in [3.8, 4) is 0 Å². The molecule has 0 aliphatic carbocycles. The van der Waals surface area contributed by atoms with Crippen LogP contribution in [0.15, 0.2) is 40.6 Å². The molecule has 0 saturated carbocycles. The van der Waals surface area contributed by atoms with E-state index in [0.717, 1.165) is 5.56 Å². The molecule has 33 heavy (non-hydrogen) atoms. The molecule has 1 atom stereocenters. The molecule has 3 heterocycles. The first-order valence-electron chi connectivity index (χ1n) is 10.5. The number of fused-ring (bicyclic) bond motifs is 1. The fourth-order valence-electron chi connectivity index (χ4n) is 4.30. The first kappa shape index (κ1) is 23.4.